The molecule has 0 amide bonds. The van der Waals surface area contributed by atoms with Crippen LogP contribution in [0, 0.1) is 5.21 Å². The second-order valence-electron chi connectivity index (χ2n) is 11.6. The first-order valence-electron chi connectivity index (χ1n) is 16.5. The minimum atomic E-state index is -0.528. The quantitative estimate of drug-likeness (QED) is 0.0668. The highest BCUT2D eigenvalue weighted by Crippen LogP contribution is 2.14. The fourth-order valence-corrected chi connectivity index (χ4v) is 5.25. The third-order valence-electron chi connectivity index (χ3n) is 7.71. The Morgan fingerprint density at radius 3 is 0.889 bits per heavy atom. The summed E-state index contributed by atoms with van der Waals surface area (Å²) < 4.78 is 0. The Morgan fingerprint density at radius 2 is 0.639 bits per heavy atom. The lowest BCUT2D eigenvalue weighted by Gasteiger charge is -2.27. The number of hydrogen-bond acceptors (Lipinski definition) is 3. The molecule has 0 aromatic heterocycles. The van der Waals surface area contributed by atoms with E-state index < -0.39 is 12.2 Å². The number of hydrogen-bond donors (Lipinski definition) is 3. The smallest absolute Gasteiger partial charge is 0.103 e. The van der Waals surface area contributed by atoms with Crippen LogP contribution in [0.5, 0.6) is 0 Å². The first-order valence-corrected chi connectivity index (χ1v) is 16.5. The summed E-state index contributed by atoms with van der Waals surface area (Å²) in [5.41, 5.74) is 0. The average molecular weight is 514 g/mol. The van der Waals surface area contributed by atoms with Crippen LogP contribution >= 0.6 is 0 Å². The van der Waals surface area contributed by atoms with Crippen LogP contribution in [0.3, 0.4) is 0 Å². The van der Waals surface area contributed by atoms with Crippen molar-refractivity contribution in [1.82, 2.24) is 0 Å². The molecule has 0 aromatic carbocycles. The molecule has 0 radical (unpaired) electrons. The number of hydroxylamine groups is 2. The van der Waals surface area contributed by atoms with E-state index >= 15 is 0 Å². The molecule has 0 saturated carbocycles. The largest absolute Gasteiger partial charge is 0.634 e. The van der Waals surface area contributed by atoms with Crippen LogP contribution in [0.2, 0.25) is 0 Å². The Balaban J connectivity index is 3.41. The fraction of sp³-hybridized carbons (Fsp3) is 1.00. The van der Waals surface area contributed by atoms with E-state index in [2.05, 4.69) is 13.8 Å². The zero-order valence-corrected chi connectivity index (χ0v) is 24.8. The zero-order chi connectivity index (χ0) is 26.5. The minimum absolute atomic E-state index is 0.0212. The van der Waals surface area contributed by atoms with Gasteiger partial charge in [-0.05, 0) is 12.8 Å². The monoisotopic (exact) mass is 514 g/mol. The van der Waals surface area contributed by atoms with Crippen LogP contribution < -0.4 is 5.06 Å². The molecule has 36 heavy (non-hydrogen) atoms. The average Bonchev–Trinajstić information content (AvgIpc) is 2.85. The van der Waals surface area contributed by atoms with E-state index in [0.29, 0.717) is 0 Å². The van der Waals surface area contributed by atoms with Gasteiger partial charge in [0, 0.05) is 0 Å². The third-order valence-corrected chi connectivity index (χ3v) is 7.71. The maximum Gasteiger partial charge on any atom is 0.103 e. The Kier molecular flexibility index (Phi) is 29.3. The molecule has 0 saturated heterocycles. The summed E-state index contributed by atoms with van der Waals surface area (Å²) in [5, 5.41) is 32.6. The highest BCUT2D eigenvalue weighted by molar-refractivity contribution is 4.58. The summed E-state index contributed by atoms with van der Waals surface area (Å²) in [6, 6.07) is 0. The molecule has 3 N–H and O–H groups in total. The van der Waals surface area contributed by atoms with Crippen LogP contribution in [0.1, 0.15) is 181 Å². The van der Waals surface area contributed by atoms with E-state index in [9.17, 15) is 15.4 Å². The standard InChI is InChI=1S/C32H67NO3/c1-3-5-7-9-11-13-15-17-19-21-23-25-27-31(34)29-33(36)30-32(35)28-26-24-22-20-18-16-14-12-10-8-6-4-2/h31-35H,3-30H2,1-2H3. The first kappa shape index (κ1) is 35.8. The molecule has 0 aliphatic rings. The Bertz CT molecular complexity index is 371. The van der Waals surface area contributed by atoms with E-state index in [0.717, 1.165) is 38.5 Å². The van der Waals surface area contributed by atoms with E-state index in [-0.39, 0.29) is 18.2 Å². The van der Waals surface area contributed by atoms with Crippen molar-refractivity contribution in [3.63, 3.8) is 0 Å². The van der Waals surface area contributed by atoms with Gasteiger partial charge in [-0.1, -0.05) is 168 Å². The van der Waals surface area contributed by atoms with Crippen molar-refractivity contribution >= 4 is 0 Å². The van der Waals surface area contributed by atoms with Gasteiger partial charge >= 0.3 is 0 Å². The second kappa shape index (κ2) is 29.4. The summed E-state index contributed by atoms with van der Waals surface area (Å²) in [4.78, 5) is 0. The molecule has 0 aliphatic heterocycles. The number of rotatable bonds is 30. The molecule has 0 aromatic rings. The van der Waals surface area contributed by atoms with Crippen LogP contribution in [0.15, 0.2) is 0 Å². The minimum Gasteiger partial charge on any atom is -0.634 e. The van der Waals surface area contributed by atoms with Crippen molar-refractivity contribution in [2.75, 3.05) is 13.1 Å². The van der Waals surface area contributed by atoms with Gasteiger partial charge in [0.15, 0.2) is 0 Å². The van der Waals surface area contributed by atoms with Crippen LogP contribution in [0.25, 0.3) is 0 Å². The van der Waals surface area contributed by atoms with Crippen molar-refractivity contribution in [3.05, 3.63) is 5.21 Å². The molecule has 2 unspecified atom stereocenters. The normalized spacial score (nSPS) is 14.2. The van der Waals surface area contributed by atoms with E-state index in [1.165, 1.54) is 128 Å². The second-order valence-corrected chi connectivity index (χ2v) is 11.6. The van der Waals surface area contributed by atoms with Crippen molar-refractivity contribution < 1.29 is 15.3 Å². The van der Waals surface area contributed by atoms with Gasteiger partial charge in [0.1, 0.15) is 25.3 Å². The molecule has 4 heteroatoms. The molecule has 0 aliphatic carbocycles. The molecule has 0 rings (SSSR count). The predicted molar refractivity (Wildman–Crippen MR) is 157 cm³/mol. The molecule has 218 valence electrons. The molecular formula is C32H67NO3. The summed E-state index contributed by atoms with van der Waals surface area (Å²) >= 11 is 0. The topological polar surface area (TPSA) is 68.0 Å². The molecule has 2 atom stereocenters. The van der Waals surface area contributed by atoms with Gasteiger partial charge in [-0.2, -0.15) is 0 Å². The van der Waals surface area contributed by atoms with E-state index in [1.807, 2.05) is 0 Å². The lowest BCUT2D eigenvalue weighted by molar-refractivity contribution is -0.855. The summed E-state index contributed by atoms with van der Waals surface area (Å²) in [6.45, 7) is 4.96. The summed E-state index contributed by atoms with van der Waals surface area (Å²) in [5.74, 6) is 0. The molecule has 0 fully saturated rings. The van der Waals surface area contributed by atoms with Gasteiger partial charge in [-0.15, -0.1) is 0 Å². The SMILES string of the molecule is CCCCCCCCCCCCCCC(O)C[NH+]([O-])CC(O)CCCCCCCCCCCCCC. The van der Waals surface area contributed by atoms with Gasteiger partial charge in [-0.25, -0.2) is 0 Å². The van der Waals surface area contributed by atoms with E-state index in [4.69, 9.17) is 0 Å². The maximum atomic E-state index is 12.2. The Hall–Kier alpha value is -0.160. The first-order chi connectivity index (χ1) is 17.6. The number of quaternary nitrogens is 1. The van der Waals surface area contributed by atoms with Gasteiger partial charge in [0.25, 0.3) is 0 Å². The number of aliphatic hydroxyl groups is 2. The molecule has 0 bridgehead atoms. The van der Waals surface area contributed by atoms with Gasteiger partial charge in [0.2, 0.25) is 0 Å². The maximum absolute atomic E-state index is 12.2. The summed E-state index contributed by atoms with van der Waals surface area (Å²) in [7, 11) is 0. The fourth-order valence-electron chi connectivity index (χ4n) is 5.25. The number of aliphatic hydroxyl groups excluding tert-OH is 2. The third kappa shape index (κ3) is 28.4. The lowest BCUT2D eigenvalue weighted by Crippen LogP contribution is -3.09. The van der Waals surface area contributed by atoms with E-state index in [1.54, 1.807) is 0 Å². The Labute approximate surface area is 226 Å². The van der Waals surface area contributed by atoms with Crippen LogP contribution in [-0.4, -0.2) is 35.5 Å². The molecule has 0 heterocycles. The van der Waals surface area contributed by atoms with Crippen molar-refractivity contribution in [3.8, 4) is 0 Å². The molecular weight excluding hydrogens is 446 g/mol. The van der Waals surface area contributed by atoms with Crippen molar-refractivity contribution in [1.29, 1.82) is 0 Å². The molecule has 4 nitrogen and oxygen atoms in total. The zero-order valence-electron chi connectivity index (χ0n) is 24.8. The highest BCUT2D eigenvalue weighted by atomic mass is 16.5. The lowest BCUT2D eigenvalue weighted by atomic mass is 10.0. The van der Waals surface area contributed by atoms with Crippen molar-refractivity contribution in [2.24, 2.45) is 0 Å². The van der Waals surface area contributed by atoms with Crippen LogP contribution in [0.4, 0.5) is 0 Å². The highest BCUT2D eigenvalue weighted by Gasteiger charge is 2.13. The van der Waals surface area contributed by atoms with Gasteiger partial charge in [-0.3, -0.25) is 0 Å². The van der Waals surface area contributed by atoms with Crippen molar-refractivity contribution in [2.45, 2.75) is 193 Å². The van der Waals surface area contributed by atoms with Crippen LogP contribution in [-0.2, 0) is 0 Å². The van der Waals surface area contributed by atoms with Gasteiger partial charge in [0.05, 0.1) is 0 Å². The number of nitrogens with one attached hydrogen (secondary N) is 1. The Morgan fingerprint density at radius 1 is 0.417 bits per heavy atom. The molecule has 0 spiro atoms. The van der Waals surface area contributed by atoms with Gasteiger partial charge < -0.3 is 20.5 Å². The predicted octanol–water partition coefficient (Wildman–Crippen LogP) is 8.27. The number of unbranched alkanes of at least 4 members (excludes halogenated alkanes) is 22. The summed E-state index contributed by atoms with van der Waals surface area (Å²) in [6.07, 6.45) is 31.8.